The molecule has 1 aromatic heterocycles. The maximum atomic E-state index is 5.74. The summed E-state index contributed by atoms with van der Waals surface area (Å²) in [5, 5.41) is 6.67. The molecule has 1 fully saturated rings. The molecule has 0 bridgehead atoms. The van der Waals surface area contributed by atoms with Crippen LogP contribution in [0.5, 0.6) is 0 Å². The Hall–Kier alpha value is -0.490. The lowest BCUT2D eigenvalue weighted by atomic mass is 10.2. The molecule has 102 valence electrons. The fourth-order valence-corrected chi connectivity index (χ4v) is 3.13. The van der Waals surface area contributed by atoms with E-state index in [1.54, 1.807) is 11.3 Å². The van der Waals surface area contributed by atoms with Gasteiger partial charge >= 0.3 is 0 Å². The van der Waals surface area contributed by atoms with Gasteiger partial charge in [0.05, 0.1) is 17.9 Å². The van der Waals surface area contributed by atoms with Crippen LogP contribution in [0.2, 0.25) is 0 Å². The molecule has 1 aliphatic heterocycles. The fourth-order valence-electron chi connectivity index (χ4n) is 2.38. The summed E-state index contributed by atoms with van der Waals surface area (Å²) in [6.07, 6.45) is 0.655. The van der Waals surface area contributed by atoms with E-state index in [0.717, 1.165) is 32.7 Å². The molecule has 2 heterocycles. The van der Waals surface area contributed by atoms with E-state index >= 15 is 0 Å². The SMILES string of the molecule is CCNCc1nc(CN2C[C@@H](C)O[C@@H](C)C2)cs1. The molecule has 5 heteroatoms. The summed E-state index contributed by atoms with van der Waals surface area (Å²) in [5.41, 5.74) is 1.19. The average Bonchev–Trinajstić information content (AvgIpc) is 2.72. The Morgan fingerprint density at radius 2 is 2.17 bits per heavy atom. The molecular weight excluding hydrogens is 246 g/mol. The zero-order valence-corrected chi connectivity index (χ0v) is 12.3. The maximum absolute atomic E-state index is 5.74. The normalized spacial score (nSPS) is 25.5. The second-order valence-electron chi connectivity index (χ2n) is 4.96. The van der Waals surface area contributed by atoms with E-state index in [4.69, 9.17) is 4.74 Å². The maximum Gasteiger partial charge on any atom is 0.107 e. The van der Waals surface area contributed by atoms with Crippen molar-refractivity contribution in [2.45, 2.75) is 46.1 Å². The average molecular weight is 269 g/mol. The van der Waals surface area contributed by atoms with Gasteiger partial charge in [0.2, 0.25) is 0 Å². The molecular formula is C13H23N3OS. The minimum atomic E-state index is 0.327. The number of thiazole rings is 1. The van der Waals surface area contributed by atoms with Crippen LogP contribution in [-0.4, -0.2) is 41.7 Å². The number of hydrogen-bond acceptors (Lipinski definition) is 5. The molecule has 0 unspecified atom stereocenters. The number of rotatable bonds is 5. The van der Waals surface area contributed by atoms with Gasteiger partial charge in [-0.1, -0.05) is 6.92 Å². The molecule has 1 aromatic rings. The highest BCUT2D eigenvalue weighted by Gasteiger charge is 2.22. The largest absolute Gasteiger partial charge is 0.373 e. The topological polar surface area (TPSA) is 37.4 Å². The van der Waals surface area contributed by atoms with Crippen LogP contribution in [0.25, 0.3) is 0 Å². The number of aromatic nitrogens is 1. The molecule has 0 aromatic carbocycles. The molecule has 0 aliphatic carbocycles. The summed E-state index contributed by atoms with van der Waals surface area (Å²) in [4.78, 5) is 7.10. The van der Waals surface area contributed by atoms with Crippen molar-refractivity contribution in [3.8, 4) is 0 Å². The van der Waals surface area contributed by atoms with Gasteiger partial charge in [-0.3, -0.25) is 4.90 Å². The summed E-state index contributed by atoms with van der Waals surface area (Å²) >= 11 is 1.75. The van der Waals surface area contributed by atoms with Crippen molar-refractivity contribution in [2.24, 2.45) is 0 Å². The monoisotopic (exact) mass is 269 g/mol. The Balaban J connectivity index is 1.86. The van der Waals surface area contributed by atoms with Crippen LogP contribution in [0.3, 0.4) is 0 Å². The van der Waals surface area contributed by atoms with Crippen LogP contribution in [0.15, 0.2) is 5.38 Å². The number of ether oxygens (including phenoxy) is 1. The molecule has 4 nitrogen and oxygen atoms in total. The van der Waals surface area contributed by atoms with Crippen LogP contribution < -0.4 is 5.32 Å². The van der Waals surface area contributed by atoms with E-state index in [2.05, 4.69) is 41.4 Å². The van der Waals surface area contributed by atoms with Gasteiger partial charge in [-0.25, -0.2) is 4.98 Å². The Kier molecular flexibility index (Phi) is 5.12. The third kappa shape index (κ3) is 4.02. The second kappa shape index (κ2) is 6.61. The van der Waals surface area contributed by atoms with E-state index < -0.39 is 0 Å². The van der Waals surface area contributed by atoms with Crippen LogP contribution in [0, 0.1) is 0 Å². The predicted molar refractivity (Wildman–Crippen MR) is 74.8 cm³/mol. The summed E-state index contributed by atoms with van der Waals surface area (Å²) in [5.74, 6) is 0. The third-order valence-electron chi connectivity index (χ3n) is 3.01. The number of nitrogens with zero attached hydrogens (tertiary/aromatic N) is 2. The lowest BCUT2D eigenvalue weighted by Crippen LogP contribution is -2.44. The summed E-state index contributed by atoms with van der Waals surface area (Å²) in [6.45, 7) is 11.2. The number of hydrogen-bond donors (Lipinski definition) is 1. The highest BCUT2D eigenvalue weighted by molar-refractivity contribution is 7.09. The van der Waals surface area contributed by atoms with E-state index in [1.165, 1.54) is 10.7 Å². The van der Waals surface area contributed by atoms with E-state index in [1.807, 2.05) is 0 Å². The predicted octanol–water partition coefficient (Wildman–Crippen LogP) is 1.86. The molecule has 0 saturated carbocycles. The highest BCUT2D eigenvalue weighted by atomic mass is 32.1. The highest BCUT2D eigenvalue weighted by Crippen LogP contribution is 2.16. The standard InChI is InChI=1S/C13H23N3OS/c1-4-14-5-13-15-12(9-18-13)8-16-6-10(2)17-11(3)7-16/h9-11,14H,4-8H2,1-3H3/t10-,11+. The van der Waals surface area contributed by atoms with Crippen LogP contribution in [0.4, 0.5) is 0 Å². The lowest BCUT2D eigenvalue weighted by Gasteiger charge is -2.34. The molecule has 2 rings (SSSR count). The molecule has 2 atom stereocenters. The molecule has 0 spiro atoms. The van der Waals surface area contributed by atoms with Gasteiger partial charge in [-0.2, -0.15) is 0 Å². The van der Waals surface area contributed by atoms with Crippen molar-refractivity contribution in [1.82, 2.24) is 15.2 Å². The van der Waals surface area contributed by atoms with Gasteiger partial charge in [-0.05, 0) is 20.4 Å². The fraction of sp³-hybridized carbons (Fsp3) is 0.769. The zero-order chi connectivity index (χ0) is 13.0. The minimum Gasteiger partial charge on any atom is -0.373 e. The number of nitrogens with one attached hydrogen (secondary N) is 1. The Morgan fingerprint density at radius 1 is 1.44 bits per heavy atom. The third-order valence-corrected chi connectivity index (χ3v) is 3.90. The van der Waals surface area contributed by atoms with E-state index in [-0.39, 0.29) is 0 Å². The van der Waals surface area contributed by atoms with Crippen LogP contribution in [-0.2, 0) is 17.8 Å². The second-order valence-corrected chi connectivity index (χ2v) is 5.91. The first-order valence-corrected chi connectivity index (χ1v) is 7.57. The van der Waals surface area contributed by atoms with Crippen LogP contribution in [0.1, 0.15) is 31.5 Å². The van der Waals surface area contributed by atoms with Gasteiger partial charge in [0.25, 0.3) is 0 Å². The summed E-state index contributed by atoms with van der Waals surface area (Å²) in [7, 11) is 0. The quantitative estimate of drug-likeness (QED) is 0.885. The Morgan fingerprint density at radius 3 is 2.83 bits per heavy atom. The first kappa shape index (κ1) is 13.9. The first-order valence-electron chi connectivity index (χ1n) is 6.69. The van der Waals surface area contributed by atoms with Crippen molar-refractivity contribution >= 4 is 11.3 Å². The Labute approximate surface area is 113 Å². The smallest absolute Gasteiger partial charge is 0.107 e. The first-order chi connectivity index (χ1) is 8.67. The lowest BCUT2D eigenvalue weighted by molar-refractivity contribution is -0.0707. The van der Waals surface area contributed by atoms with Crippen molar-refractivity contribution in [2.75, 3.05) is 19.6 Å². The van der Waals surface area contributed by atoms with Crippen molar-refractivity contribution < 1.29 is 4.74 Å². The van der Waals surface area contributed by atoms with Crippen molar-refractivity contribution in [1.29, 1.82) is 0 Å². The summed E-state index contributed by atoms with van der Waals surface area (Å²) < 4.78 is 5.74. The van der Waals surface area contributed by atoms with Gasteiger partial charge in [0.1, 0.15) is 5.01 Å². The Bertz CT molecular complexity index is 359. The van der Waals surface area contributed by atoms with Gasteiger partial charge in [0, 0.05) is 31.6 Å². The van der Waals surface area contributed by atoms with Crippen LogP contribution >= 0.6 is 11.3 Å². The van der Waals surface area contributed by atoms with Gasteiger partial charge < -0.3 is 10.1 Å². The summed E-state index contributed by atoms with van der Waals surface area (Å²) in [6, 6.07) is 0. The zero-order valence-electron chi connectivity index (χ0n) is 11.5. The molecule has 1 N–H and O–H groups in total. The molecule has 18 heavy (non-hydrogen) atoms. The molecule has 1 aliphatic rings. The van der Waals surface area contributed by atoms with E-state index in [9.17, 15) is 0 Å². The number of morpholine rings is 1. The van der Waals surface area contributed by atoms with Gasteiger partial charge in [0.15, 0.2) is 0 Å². The van der Waals surface area contributed by atoms with Crippen molar-refractivity contribution in [3.63, 3.8) is 0 Å². The molecule has 0 amide bonds. The molecule has 0 radical (unpaired) electrons. The van der Waals surface area contributed by atoms with Gasteiger partial charge in [-0.15, -0.1) is 11.3 Å². The molecule has 1 saturated heterocycles. The minimum absolute atomic E-state index is 0.327. The van der Waals surface area contributed by atoms with E-state index in [0.29, 0.717) is 12.2 Å². The van der Waals surface area contributed by atoms with Crippen molar-refractivity contribution in [3.05, 3.63) is 16.1 Å².